The van der Waals surface area contributed by atoms with Gasteiger partial charge in [0, 0.05) is 36.4 Å². The highest BCUT2D eigenvalue weighted by atomic mass is 35.5. The second-order valence-corrected chi connectivity index (χ2v) is 7.36. The molecule has 2 unspecified atom stereocenters. The molecule has 4 heteroatoms. The Labute approximate surface area is 133 Å². The van der Waals surface area contributed by atoms with Crippen molar-refractivity contribution in [2.75, 3.05) is 18.6 Å². The zero-order chi connectivity index (χ0) is 15.6. The average Bonchev–Trinajstić information content (AvgIpc) is 2.81. The smallest absolute Gasteiger partial charge is 0.0750 e. The Kier molecular flexibility index (Phi) is 5.18. The number of nitrogens with one attached hydrogen (secondary N) is 1. The fourth-order valence-electron chi connectivity index (χ4n) is 2.78. The summed E-state index contributed by atoms with van der Waals surface area (Å²) in [5, 5.41) is 4.33. The lowest BCUT2D eigenvalue weighted by atomic mass is 10.0. The molecule has 1 fully saturated rings. The maximum absolute atomic E-state index is 6.22. The third kappa shape index (κ3) is 4.35. The second kappa shape index (κ2) is 6.55. The second-order valence-electron chi connectivity index (χ2n) is 6.92. The lowest BCUT2D eigenvalue weighted by Gasteiger charge is -2.31. The molecular weight excluding hydrogens is 284 g/mol. The van der Waals surface area contributed by atoms with Crippen molar-refractivity contribution in [3.63, 3.8) is 0 Å². The van der Waals surface area contributed by atoms with Crippen molar-refractivity contribution in [3.8, 4) is 0 Å². The molecule has 1 aliphatic heterocycles. The van der Waals surface area contributed by atoms with Crippen LogP contribution in [0.25, 0.3) is 0 Å². The SMILES string of the molecule is CC1OCCC1N(C)c1cc(Cl)ccc1CNC(C)(C)C. The Bertz CT molecular complexity index is 484. The largest absolute Gasteiger partial charge is 0.376 e. The number of anilines is 1. The van der Waals surface area contributed by atoms with Gasteiger partial charge in [0.25, 0.3) is 0 Å². The van der Waals surface area contributed by atoms with Gasteiger partial charge in [-0.1, -0.05) is 17.7 Å². The van der Waals surface area contributed by atoms with Gasteiger partial charge in [0.1, 0.15) is 0 Å². The van der Waals surface area contributed by atoms with Gasteiger partial charge in [-0.05, 0) is 51.8 Å². The van der Waals surface area contributed by atoms with Crippen molar-refractivity contribution in [2.24, 2.45) is 0 Å². The van der Waals surface area contributed by atoms with E-state index in [-0.39, 0.29) is 11.6 Å². The normalized spacial score (nSPS) is 22.6. The third-order valence-corrected chi connectivity index (χ3v) is 4.31. The predicted molar refractivity (Wildman–Crippen MR) is 90.3 cm³/mol. The van der Waals surface area contributed by atoms with E-state index >= 15 is 0 Å². The fourth-order valence-corrected chi connectivity index (χ4v) is 2.95. The van der Waals surface area contributed by atoms with Crippen LogP contribution >= 0.6 is 11.6 Å². The third-order valence-electron chi connectivity index (χ3n) is 4.07. The van der Waals surface area contributed by atoms with Crippen molar-refractivity contribution >= 4 is 17.3 Å². The number of benzene rings is 1. The first kappa shape index (κ1) is 16.6. The minimum atomic E-state index is 0.0965. The molecule has 0 bridgehead atoms. The number of ether oxygens (including phenoxy) is 1. The number of hydrogen-bond acceptors (Lipinski definition) is 3. The summed E-state index contributed by atoms with van der Waals surface area (Å²) in [5.74, 6) is 0. The number of hydrogen-bond donors (Lipinski definition) is 1. The van der Waals surface area contributed by atoms with Crippen molar-refractivity contribution in [3.05, 3.63) is 28.8 Å². The van der Waals surface area contributed by atoms with Crippen LogP contribution in [0, 0.1) is 0 Å². The Balaban J connectivity index is 2.22. The maximum Gasteiger partial charge on any atom is 0.0750 e. The van der Waals surface area contributed by atoms with Gasteiger partial charge in [-0.3, -0.25) is 0 Å². The summed E-state index contributed by atoms with van der Waals surface area (Å²) in [6.07, 6.45) is 1.33. The molecule has 1 aromatic rings. The molecule has 0 aromatic heterocycles. The number of rotatable bonds is 4. The molecular formula is C17H27ClN2O. The first-order valence-corrected chi connectivity index (χ1v) is 8.03. The average molecular weight is 311 g/mol. The Morgan fingerprint density at radius 1 is 1.38 bits per heavy atom. The molecule has 2 atom stereocenters. The monoisotopic (exact) mass is 310 g/mol. The highest BCUT2D eigenvalue weighted by molar-refractivity contribution is 6.30. The highest BCUT2D eigenvalue weighted by Gasteiger charge is 2.29. The molecule has 21 heavy (non-hydrogen) atoms. The Morgan fingerprint density at radius 2 is 2.10 bits per heavy atom. The summed E-state index contributed by atoms with van der Waals surface area (Å²) >= 11 is 6.22. The van der Waals surface area contributed by atoms with E-state index in [2.05, 4.69) is 57.1 Å². The molecule has 118 valence electrons. The number of nitrogens with zero attached hydrogens (tertiary/aromatic N) is 1. The van der Waals surface area contributed by atoms with Gasteiger partial charge in [-0.25, -0.2) is 0 Å². The summed E-state index contributed by atoms with van der Waals surface area (Å²) in [5.41, 5.74) is 2.57. The van der Waals surface area contributed by atoms with E-state index in [0.717, 1.165) is 24.6 Å². The van der Waals surface area contributed by atoms with Gasteiger partial charge < -0.3 is 15.0 Å². The summed E-state index contributed by atoms with van der Waals surface area (Å²) in [7, 11) is 2.14. The first-order valence-electron chi connectivity index (χ1n) is 7.66. The molecule has 1 aromatic carbocycles. The van der Waals surface area contributed by atoms with Crippen LogP contribution in [0.1, 0.15) is 39.7 Å². The Morgan fingerprint density at radius 3 is 2.67 bits per heavy atom. The minimum absolute atomic E-state index is 0.0965. The number of likely N-dealkylation sites (N-methyl/N-ethyl adjacent to an activating group) is 1. The molecule has 1 N–H and O–H groups in total. The summed E-state index contributed by atoms with van der Waals surface area (Å²) < 4.78 is 5.70. The van der Waals surface area contributed by atoms with Crippen LogP contribution < -0.4 is 10.2 Å². The zero-order valence-corrected chi connectivity index (χ0v) is 14.5. The van der Waals surface area contributed by atoms with Gasteiger partial charge in [0.2, 0.25) is 0 Å². The van der Waals surface area contributed by atoms with Crippen LogP contribution in [-0.2, 0) is 11.3 Å². The molecule has 0 radical (unpaired) electrons. The van der Waals surface area contributed by atoms with Crippen LogP contribution in [0.3, 0.4) is 0 Å². The van der Waals surface area contributed by atoms with Crippen LogP contribution in [-0.4, -0.2) is 31.3 Å². The van der Waals surface area contributed by atoms with Gasteiger partial charge in [-0.2, -0.15) is 0 Å². The van der Waals surface area contributed by atoms with E-state index in [1.807, 2.05) is 6.07 Å². The van der Waals surface area contributed by atoms with Crippen molar-refractivity contribution in [1.29, 1.82) is 0 Å². The molecule has 0 amide bonds. The van der Waals surface area contributed by atoms with Crippen LogP contribution in [0.4, 0.5) is 5.69 Å². The lowest BCUT2D eigenvalue weighted by molar-refractivity contribution is 0.118. The zero-order valence-electron chi connectivity index (χ0n) is 13.7. The molecule has 1 aliphatic rings. The van der Waals surface area contributed by atoms with Crippen LogP contribution in [0.5, 0.6) is 0 Å². The molecule has 1 heterocycles. The number of halogens is 1. The van der Waals surface area contributed by atoms with Gasteiger partial charge in [0.05, 0.1) is 12.1 Å². The van der Waals surface area contributed by atoms with Gasteiger partial charge >= 0.3 is 0 Å². The Hall–Kier alpha value is -0.770. The molecule has 3 nitrogen and oxygen atoms in total. The van der Waals surface area contributed by atoms with Crippen molar-refractivity contribution in [1.82, 2.24) is 5.32 Å². The predicted octanol–water partition coefficient (Wildman–Crippen LogP) is 3.84. The maximum atomic E-state index is 6.22. The van der Waals surface area contributed by atoms with E-state index in [9.17, 15) is 0 Å². The fraction of sp³-hybridized carbons (Fsp3) is 0.647. The quantitative estimate of drug-likeness (QED) is 0.914. The van der Waals surface area contributed by atoms with Crippen molar-refractivity contribution < 1.29 is 4.74 Å². The summed E-state index contributed by atoms with van der Waals surface area (Å²) in [6.45, 7) is 10.4. The molecule has 1 saturated heterocycles. The van der Waals surface area contributed by atoms with Gasteiger partial charge in [-0.15, -0.1) is 0 Å². The first-order chi connectivity index (χ1) is 9.78. The minimum Gasteiger partial charge on any atom is -0.376 e. The van der Waals surface area contributed by atoms with Crippen molar-refractivity contribution in [2.45, 2.75) is 58.3 Å². The van der Waals surface area contributed by atoms with Crippen LogP contribution in [0.2, 0.25) is 5.02 Å². The highest BCUT2D eigenvalue weighted by Crippen LogP contribution is 2.30. The standard InChI is InChI=1S/C17H27ClN2O/c1-12-15(8-9-21-12)20(5)16-10-14(18)7-6-13(16)11-19-17(2,3)4/h6-7,10,12,15,19H,8-9,11H2,1-5H3. The summed E-state index contributed by atoms with van der Waals surface area (Å²) in [6, 6.07) is 6.56. The topological polar surface area (TPSA) is 24.5 Å². The lowest BCUT2D eigenvalue weighted by Crippen LogP contribution is -2.39. The molecule has 0 spiro atoms. The van der Waals surface area contributed by atoms with E-state index in [4.69, 9.17) is 16.3 Å². The molecule has 0 saturated carbocycles. The van der Waals surface area contributed by atoms with E-state index in [0.29, 0.717) is 6.04 Å². The molecule has 0 aliphatic carbocycles. The summed E-state index contributed by atoms with van der Waals surface area (Å²) in [4.78, 5) is 2.32. The van der Waals surface area contributed by atoms with Crippen LogP contribution in [0.15, 0.2) is 18.2 Å². The van der Waals surface area contributed by atoms with E-state index in [1.165, 1.54) is 11.3 Å². The van der Waals surface area contributed by atoms with E-state index < -0.39 is 0 Å². The van der Waals surface area contributed by atoms with E-state index in [1.54, 1.807) is 0 Å². The molecule has 2 rings (SSSR count). The van der Waals surface area contributed by atoms with Gasteiger partial charge in [0.15, 0.2) is 0 Å².